The summed E-state index contributed by atoms with van der Waals surface area (Å²) < 4.78 is 0. The molecule has 0 aliphatic heterocycles. The molecule has 0 saturated carbocycles. The Labute approximate surface area is 110 Å². The van der Waals surface area contributed by atoms with Crippen LogP contribution in [0.5, 0.6) is 0 Å². The molecule has 0 aromatic carbocycles. The summed E-state index contributed by atoms with van der Waals surface area (Å²) in [4.78, 5) is 11.2. The second kappa shape index (κ2) is 7.31. The van der Waals surface area contributed by atoms with Crippen LogP contribution in [0.25, 0.3) is 0 Å². The van der Waals surface area contributed by atoms with E-state index in [4.69, 9.17) is 5.11 Å². The number of nitrogens with zero attached hydrogens (tertiary/aromatic N) is 3. The molecule has 1 aromatic rings. The van der Waals surface area contributed by atoms with Crippen molar-refractivity contribution in [2.75, 3.05) is 25.1 Å². The topological polar surface area (TPSA) is 49.2 Å². The predicted octanol–water partition coefficient (Wildman–Crippen LogP) is 2.51. The Morgan fingerprint density at radius 2 is 1.94 bits per heavy atom. The zero-order valence-corrected chi connectivity index (χ0v) is 12.0. The zero-order chi connectivity index (χ0) is 13.5. The van der Waals surface area contributed by atoms with Crippen molar-refractivity contribution in [3.63, 3.8) is 0 Å². The standard InChI is InChI=1S/C14H25N3O/c1-11(2)13-10-12(3)15-14(16-13)17(4)8-6-5-7-9-18/h10-11,18H,5-9H2,1-4H3. The fraction of sp³-hybridized carbons (Fsp3) is 0.714. The van der Waals surface area contributed by atoms with Crippen molar-refractivity contribution in [1.29, 1.82) is 0 Å². The van der Waals surface area contributed by atoms with Gasteiger partial charge in [-0.2, -0.15) is 0 Å². The molecule has 0 bridgehead atoms. The summed E-state index contributed by atoms with van der Waals surface area (Å²) in [6, 6.07) is 2.05. The van der Waals surface area contributed by atoms with E-state index in [9.17, 15) is 0 Å². The van der Waals surface area contributed by atoms with Crippen LogP contribution in [-0.2, 0) is 0 Å². The second-order valence-electron chi connectivity index (χ2n) is 5.09. The Kier molecular flexibility index (Phi) is 6.05. The number of hydrogen-bond donors (Lipinski definition) is 1. The van der Waals surface area contributed by atoms with Crippen LogP contribution in [0.3, 0.4) is 0 Å². The van der Waals surface area contributed by atoms with Gasteiger partial charge in [0.2, 0.25) is 5.95 Å². The minimum atomic E-state index is 0.280. The third-order valence-electron chi connectivity index (χ3n) is 2.95. The molecule has 0 aliphatic rings. The van der Waals surface area contributed by atoms with Crippen LogP contribution >= 0.6 is 0 Å². The molecule has 0 aliphatic carbocycles. The quantitative estimate of drug-likeness (QED) is 0.756. The lowest BCUT2D eigenvalue weighted by Gasteiger charge is -2.18. The van der Waals surface area contributed by atoms with Gasteiger partial charge >= 0.3 is 0 Å². The van der Waals surface area contributed by atoms with E-state index >= 15 is 0 Å². The number of aryl methyl sites for hydroxylation is 1. The number of aliphatic hydroxyl groups excluding tert-OH is 1. The number of hydrogen-bond acceptors (Lipinski definition) is 4. The van der Waals surface area contributed by atoms with Crippen LogP contribution in [0.2, 0.25) is 0 Å². The van der Waals surface area contributed by atoms with Crippen LogP contribution in [0.1, 0.15) is 50.4 Å². The summed E-state index contributed by atoms with van der Waals surface area (Å²) in [6.45, 7) is 7.51. The lowest BCUT2D eigenvalue weighted by molar-refractivity contribution is 0.283. The summed E-state index contributed by atoms with van der Waals surface area (Å²) in [5.74, 6) is 1.23. The van der Waals surface area contributed by atoms with E-state index in [1.54, 1.807) is 0 Å². The Balaban J connectivity index is 2.64. The predicted molar refractivity (Wildman–Crippen MR) is 75.1 cm³/mol. The van der Waals surface area contributed by atoms with E-state index in [2.05, 4.69) is 28.7 Å². The molecule has 1 N–H and O–H groups in total. The molecule has 1 rings (SSSR count). The van der Waals surface area contributed by atoms with E-state index in [1.807, 2.05) is 20.0 Å². The lowest BCUT2D eigenvalue weighted by atomic mass is 10.1. The number of unbranched alkanes of at least 4 members (excludes halogenated alkanes) is 2. The van der Waals surface area contributed by atoms with Gasteiger partial charge < -0.3 is 10.0 Å². The maximum Gasteiger partial charge on any atom is 0.225 e. The van der Waals surface area contributed by atoms with Gasteiger partial charge in [-0.05, 0) is 38.2 Å². The van der Waals surface area contributed by atoms with Gasteiger partial charge in [0.15, 0.2) is 0 Å². The summed E-state index contributed by atoms with van der Waals surface area (Å²) in [5.41, 5.74) is 2.12. The van der Waals surface area contributed by atoms with Crippen molar-refractivity contribution in [3.8, 4) is 0 Å². The maximum atomic E-state index is 8.74. The molecule has 1 heterocycles. The third kappa shape index (κ3) is 4.61. The van der Waals surface area contributed by atoms with Gasteiger partial charge in [-0.25, -0.2) is 9.97 Å². The van der Waals surface area contributed by atoms with E-state index in [-0.39, 0.29) is 6.61 Å². The summed E-state index contributed by atoms with van der Waals surface area (Å²) in [5, 5.41) is 8.74. The molecular formula is C14H25N3O. The van der Waals surface area contributed by atoms with Gasteiger partial charge in [-0.1, -0.05) is 13.8 Å². The van der Waals surface area contributed by atoms with Crippen molar-refractivity contribution in [2.24, 2.45) is 0 Å². The van der Waals surface area contributed by atoms with E-state index in [1.165, 1.54) is 0 Å². The van der Waals surface area contributed by atoms with Crippen LogP contribution < -0.4 is 4.90 Å². The van der Waals surface area contributed by atoms with Crippen molar-refractivity contribution in [3.05, 3.63) is 17.5 Å². The molecule has 0 radical (unpaired) electrons. The molecule has 0 saturated heterocycles. The van der Waals surface area contributed by atoms with Crippen molar-refractivity contribution in [1.82, 2.24) is 9.97 Å². The molecule has 102 valence electrons. The normalized spacial score (nSPS) is 11.0. The van der Waals surface area contributed by atoms with Crippen LogP contribution in [0, 0.1) is 6.92 Å². The molecule has 0 unspecified atom stereocenters. The molecule has 0 atom stereocenters. The van der Waals surface area contributed by atoms with Gasteiger partial charge in [-0.3, -0.25) is 0 Å². The average Bonchev–Trinajstić information content (AvgIpc) is 2.33. The van der Waals surface area contributed by atoms with Crippen LogP contribution in [-0.4, -0.2) is 35.3 Å². The number of aromatic nitrogens is 2. The summed E-state index contributed by atoms with van der Waals surface area (Å²) >= 11 is 0. The minimum Gasteiger partial charge on any atom is -0.396 e. The highest BCUT2D eigenvalue weighted by molar-refractivity contribution is 5.31. The molecule has 4 nitrogen and oxygen atoms in total. The number of aliphatic hydroxyl groups is 1. The van der Waals surface area contributed by atoms with Gasteiger partial charge in [0.05, 0.1) is 0 Å². The Morgan fingerprint density at radius 3 is 2.56 bits per heavy atom. The number of rotatable bonds is 7. The molecule has 18 heavy (non-hydrogen) atoms. The molecule has 0 spiro atoms. The smallest absolute Gasteiger partial charge is 0.225 e. The van der Waals surface area contributed by atoms with Crippen LogP contribution in [0.4, 0.5) is 5.95 Å². The first-order chi connectivity index (χ1) is 8.54. The molecular weight excluding hydrogens is 226 g/mol. The van der Waals surface area contributed by atoms with Crippen molar-refractivity contribution in [2.45, 2.75) is 46.0 Å². The van der Waals surface area contributed by atoms with E-state index in [0.29, 0.717) is 5.92 Å². The van der Waals surface area contributed by atoms with Crippen molar-refractivity contribution < 1.29 is 5.11 Å². The average molecular weight is 251 g/mol. The third-order valence-corrected chi connectivity index (χ3v) is 2.95. The highest BCUT2D eigenvalue weighted by atomic mass is 16.2. The Bertz CT molecular complexity index is 366. The molecule has 4 heteroatoms. The summed E-state index contributed by atoms with van der Waals surface area (Å²) in [6.07, 6.45) is 2.98. The first kappa shape index (κ1) is 14.9. The highest BCUT2D eigenvalue weighted by Crippen LogP contribution is 2.16. The van der Waals surface area contributed by atoms with E-state index < -0.39 is 0 Å². The first-order valence-corrected chi connectivity index (χ1v) is 6.72. The fourth-order valence-electron chi connectivity index (χ4n) is 1.78. The van der Waals surface area contributed by atoms with Gasteiger partial charge in [0.1, 0.15) is 0 Å². The monoisotopic (exact) mass is 251 g/mol. The maximum absolute atomic E-state index is 8.74. The largest absolute Gasteiger partial charge is 0.396 e. The molecule has 1 aromatic heterocycles. The zero-order valence-electron chi connectivity index (χ0n) is 12.0. The van der Waals surface area contributed by atoms with Crippen molar-refractivity contribution >= 4 is 5.95 Å². The lowest BCUT2D eigenvalue weighted by Crippen LogP contribution is -2.22. The molecule has 0 fully saturated rings. The number of anilines is 1. The first-order valence-electron chi connectivity index (χ1n) is 6.72. The van der Waals surface area contributed by atoms with Gasteiger partial charge in [0.25, 0.3) is 0 Å². The van der Waals surface area contributed by atoms with Crippen LogP contribution in [0.15, 0.2) is 6.07 Å². The fourth-order valence-corrected chi connectivity index (χ4v) is 1.78. The Hall–Kier alpha value is -1.16. The second-order valence-corrected chi connectivity index (χ2v) is 5.09. The Morgan fingerprint density at radius 1 is 1.22 bits per heavy atom. The van der Waals surface area contributed by atoms with Gasteiger partial charge in [0, 0.05) is 31.6 Å². The SMILES string of the molecule is Cc1cc(C(C)C)nc(N(C)CCCCCO)n1. The van der Waals surface area contributed by atoms with E-state index in [0.717, 1.165) is 43.1 Å². The molecule has 0 amide bonds. The minimum absolute atomic E-state index is 0.280. The van der Waals surface area contributed by atoms with Gasteiger partial charge in [-0.15, -0.1) is 0 Å². The summed E-state index contributed by atoms with van der Waals surface area (Å²) in [7, 11) is 2.03. The highest BCUT2D eigenvalue weighted by Gasteiger charge is 2.09.